The van der Waals surface area contributed by atoms with Crippen LogP contribution >= 0.6 is 0 Å². The lowest BCUT2D eigenvalue weighted by Gasteiger charge is -2.30. The Kier molecular flexibility index (Phi) is 4.22. The summed E-state index contributed by atoms with van der Waals surface area (Å²) in [6, 6.07) is 1.85. The highest BCUT2D eigenvalue weighted by atomic mass is 32.2. The molecule has 0 radical (unpaired) electrons. The zero-order valence-electron chi connectivity index (χ0n) is 9.32. The predicted octanol–water partition coefficient (Wildman–Crippen LogP) is 0.178. The van der Waals surface area contributed by atoms with Crippen molar-refractivity contribution in [2.45, 2.75) is 32.4 Å². The normalized spacial score (nSPS) is 25.9. The average molecular weight is 231 g/mol. The third-order valence-corrected chi connectivity index (χ3v) is 3.22. The maximum Gasteiger partial charge on any atom is 0.237 e. The molecule has 2 unspecified atom stereocenters. The van der Waals surface area contributed by atoms with E-state index in [4.69, 9.17) is 9.44 Å². The van der Waals surface area contributed by atoms with Gasteiger partial charge in [0.1, 0.15) is 6.04 Å². The highest BCUT2D eigenvalue weighted by Gasteiger charge is 2.26. The molecular formula is C9H17N3O2S. The van der Waals surface area contributed by atoms with Crippen molar-refractivity contribution >= 4 is 11.3 Å². The van der Waals surface area contributed by atoms with Crippen molar-refractivity contribution in [1.82, 2.24) is 9.62 Å². The Morgan fingerprint density at radius 1 is 1.60 bits per heavy atom. The van der Waals surface area contributed by atoms with Crippen LogP contribution in [0.2, 0.25) is 0 Å². The fraction of sp³-hybridized carbons (Fsp3) is 0.889. The molecule has 6 heteroatoms. The molecule has 1 aliphatic heterocycles. The number of rotatable bonds is 2. The molecule has 0 aromatic rings. The van der Waals surface area contributed by atoms with Gasteiger partial charge in [0.15, 0.2) is 0 Å². The Bertz CT molecular complexity index is 282. The minimum atomic E-state index is -1.46. The molecule has 5 nitrogen and oxygen atoms in total. The molecule has 1 aliphatic rings. The lowest BCUT2D eigenvalue weighted by Crippen LogP contribution is -2.51. The van der Waals surface area contributed by atoms with E-state index in [1.165, 1.54) is 0 Å². The van der Waals surface area contributed by atoms with Crippen LogP contribution in [0.15, 0.2) is 0 Å². The fourth-order valence-electron chi connectivity index (χ4n) is 1.21. The summed E-state index contributed by atoms with van der Waals surface area (Å²) in [6.07, 6.45) is 0. The summed E-state index contributed by atoms with van der Waals surface area (Å²) in [5.41, 5.74) is -0.433. The second kappa shape index (κ2) is 5.03. The molecule has 86 valence electrons. The quantitative estimate of drug-likeness (QED) is 0.736. The highest BCUT2D eigenvalue weighted by Crippen LogP contribution is 2.13. The number of nitrogens with zero attached hydrogens (tertiary/aromatic N) is 2. The van der Waals surface area contributed by atoms with E-state index in [9.17, 15) is 4.21 Å². The van der Waals surface area contributed by atoms with E-state index >= 15 is 0 Å². The molecule has 1 rings (SSSR count). The van der Waals surface area contributed by atoms with Crippen LogP contribution in [0.1, 0.15) is 20.8 Å². The third kappa shape index (κ3) is 4.26. The first-order valence-electron chi connectivity index (χ1n) is 4.92. The van der Waals surface area contributed by atoms with Crippen LogP contribution in [0.25, 0.3) is 0 Å². The number of hydrogen-bond donors (Lipinski definition) is 1. The van der Waals surface area contributed by atoms with Gasteiger partial charge in [-0.3, -0.25) is 9.50 Å². The summed E-state index contributed by atoms with van der Waals surface area (Å²) in [6.45, 7) is 7.32. The Morgan fingerprint density at radius 3 is 2.80 bits per heavy atom. The van der Waals surface area contributed by atoms with Crippen LogP contribution in [0.4, 0.5) is 0 Å². The molecule has 1 fully saturated rings. The maximum absolute atomic E-state index is 11.8. The molecule has 2 atom stereocenters. The minimum absolute atomic E-state index is 0.258. The summed E-state index contributed by atoms with van der Waals surface area (Å²) < 4.78 is 18.8. The summed E-state index contributed by atoms with van der Waals surface area (Å²) in [7, 11) is 0. The van der Waals surface area contributed by atoms with Crippen molar-refractivity contribution in [3.63, 3.8) is 0 Å². The van der Waals surface area contributed by atoms with Gasteiger partial charge in [0.2, 0.25) is 11.3 Å². The van der Waals surface area contributed by atoms with Gasteiger partial charge in [-0.1, -0.05) is 0 Å². The molecule has 15 heavy (non-hydrogen) atoms. The Morgan fingerprint density at radius 2 is 2.27 bits per heavy atom. The second-order valence-corrected chi connectivity index (χ2v) is 5.55. The molecular weight excluding hydrogens is 214 g/mol. The molecule has 0 aromatic carbocycles. The SMILES string of the molecule is CC(C)(C)OS(=O)N1CCNC(C#N)C1. The van der Waals surface area contributed by atoms with E-state index in [1.807, 2.05) is 20.8 Å². The van der Waals surface area contributed by atoms with Crippen molar-refractivity contribution < 1.29 is 8.39 Å². The summed E-state index contributed by atoms with van der Waals surface area (Å²) in [4.78, 5) is 0. The van der Waals surface area contributed by atoms with Crippen LogP contribution in [-0.4, -0.2) is 39.8 Å². The lowest BCUT2D eigenvalue weighted by atomic mass is 10.2. The zero-order chi connectivity index (χ0) is 11.5. The van der Waals surface area contributed by atoms with Crippen molar-refractivity contribution in [1.29, 1.82) is 5.26 Å². The van der Waals surface area contributed by atoms with Gasteiger partial charge in [0.25, 0.3) is 0 Å². The fourth-order valence-corrected chi connectivity index (χ4v) is 2.26. The second-order valence-electron chi connectivity index (χ2n) is 4.44. The van der Waals surface area contributed by atoms with Gasteiger partial charge in [-0.05, 0) is 20.8 Å². The number of nitriles is 1. The van der Waals surface area contributed by atoms with Gasteiger partial charge in [0.05, 0.1) is 11.7 Å². The van der Waals surface area contributed by atoms with Gasteiger partial charge < -0.3 is 0 Å². The number of hydrogen-bond acceptors (Lipinski definition) is 4. The summed E-state index contributed by atoms with van der Waals surface area (Å²) in [5, 5.41) is 11.8. The molecule has 0 bridgehead atoms. The van der Waals surface area contributed by atoms with Crippen molar-refractivity contribution in [2.75, 3.05) is 19.6 Å². The highest BCUT2D eigenvalue weighted by molar-refractivity contribution is 7.77. The van der Waals surface area contributed by atoms with E-state index in [0.29, 0.717) is 19.6 Å². The first-order valence-corrected chi connectivity index (χ1v) is 5.95. The van der Waals surface area contributed by atoms with Crippen LogP contribution in [0, 0.1) is 11.3 Å². The number of piperazine rings is 1. The van der Waals surface area contributed by atoms with Crippen LogP contribution in [0.3, 0.4) is 0 Å². The van der Waals surface area contributed by atoms with Gasteiger partial charge in [-0.2, -0.15) is 9.57 Å². The smallest absolute Gasteiger partial charge is 0.237 e. The largest absolute Gasteiger partial charge is 0.300 e. The van der Waals surface area contributed by atoms with Gasteiger partial charge in [-0.25, -0.2) is 4.21 Å². The monoisotopic (exact) mass is 231 g/mol. The first kappa shape index (κ1) is 12.6. The molecule has 1 N–H and O–H groups in total. The molecule has 0 aliphatic carbocycles. The zero-order valence-corrected chi connectivity index (χ0v) is 10.1. The van der Waals surface area contributed by atoms with E-state index < -0.39 is 16.9 Å². The summed E-state index contributed by atoms with van der Waals surface area (Å²) in [5.74, 6) is 0. The minimum Gasteiger partial charge on any atom is -0.300 e. The van der Waals surface area contributed by atoms with E-state index in [2.05, 4.69) is 11.4 Å². The molecule has 0 amide bonds. The van der Waals surface area contributed by atoms with Crippen molar-refractivity contribution in [2.24, 2.45) is 0 Å². The van der Waals surface area contributed by atoms with Crippen LogP contribution < -0.4 is 5.32 Å². The Hall–Kier alpha value is -0.480. The molecule has 0 saturated carbocycles. The standard InChI is InChI=1S/C9H17N3O2S/c1-9(2,3)14-15(13)12-5-4-11-8(6-10)7-12/h8,11H,4-5,7H2,1-3H3. The van der Waals surface area contributed by atoms with Gasteiger partial charge in [0, 0.05) is 19.6 Å². The van der Waals surface area contributed by atoms with E-state index in [-0.39, 0.29) is 6.04 Å². The van der Waals surface area contributed by atoms with E-state index in [1.54, 1.807) is 4.31 Å². The predicted molar refractivity (Wildman–Crippen MR) is 58.0 cm³/mol. The molecule has 0 spiro atoms. The van der Waals surface area contributed by atoms with Crippen molar-refractivity contribution in [3.8, 4) is 6.07 Å². The van der Waals surface area contributed by atoms with Crippen LogP contribution in [-0.2, 0) is 15.4 Å². The Balaban J connectivity index is 2.50. The average Bonchev–Trinajstić information content (AvgIpc) is 2.15. The first-order chi connectivity index (χ1) is 6.92. The van der Waals surface area contributed by atoms with Gasteiger partial charge >= 0.3 is 0 Å². The van der Waals surface area contributed by atoms with Crippen LogP contribution in [0.5, 0.6) is 0 Å². The lowest BCUT2D eigenvalue weighted by molar-refractivity contribution is 0.135. The molecule has 0 aromatic heterocycles. The molecule has 1 saturated heterocycles. The van der Waals surface area contributed by atoms with Gasteiger partial charge in [-0.15, -0.1) is 0 Å². The third-order valence-electron chi connectivity index (χ3n) is 1.83. The maximum atomic E-state index is 11.8. The topological polar surface area (TPSA) is 65.4 Å². The summed E-state index contributed by atoms with van der Waals surface area (Å²) >= 11 is -1.46. The molecule has 1 heterocycles. The van der Waals surface area contributed by atoms with E-state index in [0.717, 1.165) is 0 Å². The van der Waals surface area contributed by atoms with Crippen molar-refractivity contribution in [3.05, 3.63) is 0 Å². The number of nitrogens with one attached hydrogen (secondary N) is 1. The Labute approximate surface area is 93.2 Å².